The molecular weight excluding hydrogens is 228 g/mol. The van der Waals surface area contributed by atoms with E-state index in [1.165, 1.54) is 0 Å². The first-order valence-corrected chi connectivity index (χ1v) is 5.42. The maximum absolute atomic E-state index is 11.9. The molecule has 0 saturated heterocycles. The van der Waals surface area contributed by atoms with Gasteiger partial charge in [0.1, 0.15) is 6.29 Å². The predicted octanol–water partition coefficient (Wildman–Crippen LogP) is 2.33. The van der Waals surface area contributed by atoms with Crippen LogP contribution < -0.4 is 11.1 Å². The number of rotatable bonds is 3. The Morgan fingerprint density at radius 3 is 2.33 bits per heavy atom. The number of amides is 1. The smallest absolute Gasteiger partial charge is 0.255 e. The van der Waals surface area contributed by atoms with E-state index < -0.39 is 0 Å². The highest BCUT2D eigenvalue weighted by Crippen LogP contribution is 2.17. The first-order chi connectivity index (χ1) is 8.70. The number of nitrogen functional groups attached to an aromatic ring is 1. The summed E-state index contributed by atoms with van der Waals surface area (Å²) in [6, 6.07) is 13.4. The largest absolute Gasteiger partial charge is 0.397 e. The summed E-state index contributed by atoms with van der Waals surface area (Å²) in [5.74, 6) is -0.259. The van der Waals surface area contributed by atoms with Gasteiger partial charge >= 0.3 is 0 Å². The summed E-state index contributed by atoms with van der Waals surface area (Å²) in [4.78, 5) is 22.4. The molecule has 0 aliphatic carbocycles. The number of para-hydroxylation sites is 2. The van der Waals surface area contributed by atoms with E-state index in [1.54, 1.807) is 48.5 Å². The van der Waals surface area contributed by atoms with E-state index in [0.717, 1.165) is 6.29 Å². The van der Waals surface area contributed by atoms with Crippen molar-refractivity contribution < 1.29 is 9.59 Å². The Labute approximate surface area is 104 Å². The first kappa shape index (κ1) is 11.9. The third-order valence-electron chi connectivity index (χ3n) is 2.52. The molecule has 0 fully saturated rings. The minimum atomic E-state index is -0.259. The van der Waals surface area contributed by atoms with Gasteiger partial charge in [0.2, 0.25) is 0 Å². The van der Waals surface area contributed by atoms with Gasteiger partial charge in [0, 0.05) is 11.1 Å². The van der Waals surface area contributed by atoms with Crippen molar-refractivity contribution in [2.75, 3.05) is 11.1 Å². The van der Waals surface area contributed by atoms with Crippen molar-refractivity contribution in [1.29, 1.82) is 0 Å². The van der Waals surface area contributed by atoms with Crippen LogP contribution in [-0.2, 0) is 0 Å². The number of carbonyl (C=O) groups is 2. The molecule has 0 bridgehead atoms. The summed E-state index contributed by atoms with van der Waals surface area (Å²) in [6.07, 6.45) is 0.733. The molecule has 0 aromatic heterocycles. The molecule has 90 valence electrons. The van der Waals surface area contributed by atoms with Gasteiger partial charge in [-0.25, -0.2) is 0 Å². The Morgan fingerprint density at radius 1 is 1.06 bits per heavy atom. The number of benzene rings is 2. The molecule has 0 aliphatic heterocycles. The summed E-state index contributed by atoms with van der Waals surface area (Å²) >= 11 is 0. The third kappa shape index (κ3) is 2.55. The zero-order valence-corrected chi connectivity index (χ0v) is 9.59. The lowest BCUT2D eigenvalue weighted by atomic mass is 10.1. The van der Waals surface area contributed by atoms with Crippen LogP contribution in [0.2, 0.25) is 0 Å². The number of carbonyl (C=O) groups excluding carboxylic acids is 2. The van der Waals surface area contributed by atoms with Gasteiger partial charge in [-0.05, 0) is 24.3 Å². The molecule has 2 aromatic carbocycles. The predicted molar refractivity (Wildman–Crippen MR) is 70.6 cm³/mol. The average Bonchev–Trinajstić information content (AvgIpc) is 2.41. The van der Waals surface area contributed by atoms with Crippen molar-refractivity contribution in [2.45, 2.75) is 0 Å². The maximum Gasteiger partial charge on any atom is 0.255 e. The molecule has 2 rings (SSSR count). The van der Waals surface area contributed by atoms with Gasteiger partial charge in [0.05, 0.1) is 11.4 Å². The molecule has 0 unspecified atom stereocenters. The Hall–Kier alpha value is -2.62. The third-order valence-corrected chi connectivity index (χ3v) is 2.52. The fraction of sp³-hybridized carbons (Fsp3) is 0. The highest BCUT2D eigenvalue weighted by atomic mass is 16.1. The normalized spacial score (nSPS) is 9.78. The van der Waals surface area contributed by atoms with Gasteiger partial charge < -0.3 is 11.1 Å². The zero-order chi connectivity index (χ0) is 13.0. The van der Waals surface area contributed by atoms with Crippen LogP contribution >= 0.6 is 0 Å². The number of aldehydes is 1. The molecular formula is C14H12N2O2. The Morgan fingerprint density at radius 2 is 1.72 bits per heavy atom. The molecule has 0 saturated carbocycles. The Kier molecular flexibility index (Phi) is 3.38. The van der Waals surface area contributed by atoms with Crippen LogP contribution in [0, 0.1) is 0 Å². The van der Waals surface area contributed by atoms with Crippen molar-refractivity contribution >= 4 is 23.6 Å². The van der Waals surface area contributed by atoms with E-state index in [-0.39, 0.29) is 5.91 Å². The Bertz CT molecular complexity index is 577. The molecule has 0 radical (unpaired) electrons. The molecule has 0 heterocycles. The van der Waals surface area contributed by atoms with E-state index in [1.807, 2.05) is 0 Å². The lowest BCUT2D eigenvalue weighted by Crippen LogP contribution is -2.13. The molecule has 2 aromatic rings. The van der Waals surface area contributed by atoms with E-state index in [0.29, 0.717) is 22.5 Å². The van der Waals surface area contributed by atoms with Crippen LogP contribution in [0.4, 0.5) is 11.4 Å². The average molecular weight is 240 g/mol. The van der Waals surface area contributed by atoms with Gasteiger partial charge in [-0.3, -0.25) is 9.59 Å². The summed E-state index contributed by atoms with van der Waals surface area (Å²) < 4.78 is 0. The van der Waals surface area contributed by atoms with E-state index in [9.17, 15) is 9.59 Å². The van der Waals surface area contributed by atoms with Gasteiger partial charge in [0.15, 0.2) is 0 Å². The fourth-order valence-corrected chi connectivity index (χ4v) is 1.52. The molecule has 4 nitrogen and oxygen atoms in total. The second-order valence-corrected chi connectivity index (χ2v) is 3.78. The highest BCUT2D eigenvalue weighted by molar-refractivity contribution is 6.05. The van der Waals surface area contributed by atoms with E-state index >= 15 is 0 Å². The Balaban J connectivity index is 2.17. The van der Waals surface area contributed by atoms with Gasteiger partial charge in [-0.1, -0.05) is 24.3 Å². The van der Waals surface area contributed by atoms with Crippen LogP contribution in [0.15, 0.2) is 48.5 Å². The van der Waals surface area contributed by atoms with Crippen molar-refractivity contribution in [2.24, 2.45) is 0 Å². The fourth-order valence-electron chi connectivity index (χ4n) is 1.52. The molecule has 3 N–H and O–H groups in total. The molecule has 0 atom stereocenters. The number of nitrogens with one attached hydrogen (secondary N) is 1. The van der Waals surface area contributed by atoms with Crippen LogP contribution in [0.3, 0.4) is 0 Å². The quantitative estimate of drug-likeness (QED) is 0.638. The summed E-state index contributed by atoms with van der Waals surface area (Å²) in [7, 11) is 0. The topological polar surface area (TPSA) is 72.2 Å². The highest BCUT2D eigenvalue weighted by Gasteiger charge is 2.07. The van der Waals surface area contributed by atoms with Crippen LogP contribution in [0.5, 0.6) is 0 Å². The van der Waals surface area contributed by atoms with Gasteiger partial charge in [0.25, 0.3) is 5.91 Å². The summed E-state index contributed by atoms with van der Waals surface area (Å²) in [5, 5.41) is 2.71. The second-order valence-electron chi connectivity index (χ2n) is 3.78. The molecule has 0 spiro atoms. The van der Waals surface area contributed by atoms with Crippen LogP contribution in [-0.4, -0.2) is 12.2 Å². The van der Waals surface area contributed by atoms with Crippen molar-refractivity contribution in [3.05, 3.63) is 59.7 Å². The summed E-state index contributed by atoms with van der Waals surface area (Å²) in [5.41, 5.74) is 7.82. The van der Waals surface area contributed by atoms with Crippen molar-refractivity contribution in [3.63, 3.8) is 0 Å². The van der Waals surface area contributed by atoms with Crippen LogP contribution in [0.25, 0.3) is 0 Å². The number of hydrogen-bond acceptors (Lipinski definition) is 3. The SMILES string of the molecule is Nc1ccccc1NC(=O)c1ccc(C=O)cc1. The number of anilines is 2. The lowest BCUT2D eigenvalue weighted by molar-refractivity contribution is 0.102. The number of hydrogen-bond donors (Lipinski definition) is 2. The molecule has 1 amide bonds. The number of nitrogens with two attached hydrogens (primary N) is 1. The van der Waals surface area contributed by atoms with Crippen molar-refractivity contribution in [3.8, 4) is 0 Å². The van der Waals surface area contributed by atoms with Gasteiger partial charge in [-0.2, -0.15) is 0 Å². The maximum atomic E-state index is 11.9. The van der Waals surface area contributed by atoms with E-state index in [2.05, 4.69) is 5.32 Å². The lowest BCUT2D eigenvalue weighted by Gasteiger charge is -2.07. The molecule has 0 aliphatic rings. The first-order valence-electron chi connectivity index (χ1n) is 5.42. The van der Waals surface area contributed by atoms with Crippen LogP contribution in [0.1, 0.15) is 20.7 Å². The van der Waals surface area contributed by atoms with E-state index in [4.69, 9.17) is 5.73 Å². The minimum absolute atomic E-state index is 0.259. The minimum Gasteiger partial charge on any atom is -0.397 e. The monoisotopic (exact) mass is 240 g/mol. The standard InChI is InChI=1S/C14H12N2O2/c15-12-3-1-2-4-13(12)16-14(18)11-7-5-10(9-17)6-8-11/h1-9H,15H2,(H,16,18). The second kappa shape index (κ2) is 5.14. The molecule has 4 heteroatoms. The summed E-state index contributed by atoms with van der Waals surface area (Å²) in [6.45, 7) is 0. The van der Waals surface area contributed by atoms with Gasteiger partial charge in [-0.15, -0.1) is 0 Å². The zero-order valence-electron chi connectivity index (χ0n) is 9.59. The van der Waals surface area contributed by atoms with Crippen molar-refractivity contribution in [1.82, 2.24) is 0 Å². The molecule has 18 heavy (non-hydrogen) atoms.